The van der Waals surface area contributed by atoms with E-state index >= 15 is 0 Å². The van der Waals surface area contributed by atoms with E-state index in [0.717, 1.165) is 11.1 Å². The molecule has 3 aromatic rings. The summed E-state index contributed by atoms with van der Waals surface area (Å²) >= 11 is 0. The summed E-state index contributed by atoms with van der Waals surface area (Å²) < 4.78 is 5.39. The Morgan fingerprint density at radius 2 is 1.64 bits per heavy atom. The molecule has 2 N–H and O–H groups in total. The van der Waals surface area contributed by atoms with Gasteiger partial charge in [-0.3, -0.25) is 14.6 Å². The number of benzene rings is 2. The molecule has 6 nitrogen and oxygen atoms in total. The van der Waals surface area contributed by atoms with Crippen LogP contribution in [0.1, 0.15) is 20.8 Å². The molecule has 0 fully saturated rings. The van der Waals surface area contributed by atoms with Crippen LogP contribution in [0, 0.1) is 5.41 Å². The molecule has 0 bridgehead atoms. The van der Waals surface area contributed by atoms with Gasteiger partial charge in [0.25, 0.3) is 0 Å². The largest absolute Gasteiger partial charge is 0.494 e. The Labute approximate surface area is 163 Å². The molecule has 2 amide bonds. The van der Waals surface area contributed by atoms with Crippen LogP contribution in [0.25, 0.3) is 10.9 Å². The smallest absolute Gasteiger partial charge is 0.239 e. The molecule has 0 spiro atoms. The molecule has 0 unspecified atom stereocenters. The summed E-state index contributed by atoms with van der Waals surface area (Å²) in [5, 5.41) is 6.53. The molecule has 0 saturated carbocycles. The molecule has 0 radical (unpaired) electrons. The first-order valence-corrected chi connectivity index (χ1v) is 9.11. The van der Waals surface area contributed by atoms with Gasteiger partial charge in [-0.05, 0) is 57.2 Å². The summed E-state index contributed by atoms with van der Waals surface area (Å²) in [6, 6.07) is 16.3. The van der Waals surface area contributed by atoms with Gasteiger partial charge in [-0.25, -0.2) is 0 Å². The third-order valence-electron chi connectivity index (χ3n) is 4.44. The average Bonchev–Trinajstić information content (AvgIpc) is 2.70. The quantitative estimate of drug-likeness (QED) is 0.630. The fourth-order valence-corrected chi connectivity index (χ4v) is 2.68. The molecule has 0 saturated heterocycles. The molecule has 0 aliphatic rings. The van der Waals surface area contributed by atoms with Crippen LogP contribution in [0.3, 0.4) is 0 Å². The van der Waals surface area contributed by atoms with Gasteiger partial charge >= 0.3 is 0 Å². The number of nitrogens with one attached hydrogen (secondary N) is 2. The Bertz CT molecular complexity index is 992. The lowest BCUT2D eigenvalue weighted by Crippen LogP contribution is -2.41. The van der Waals surface area contributed by atoms with E-state index in [2.05, 4.69) is 15.6 Å². The lowest BCUT2D eigenvalue weighted by molar-refractivity contribution is -0.135. The molecular weight excluding hydrogens is 354 g/mol. The van der Waals surface area contributed by atoms with E-state index in [1.54, 1.807) is 50.4 Å². The van der Waals surface area contributed by atoms with Crippen LogP contribution in [-0.2, 0) is 9.59 Å². The fourth-order valence-electron chi connectivity index (χ4n) is 2.68. The molecule has 1 aromatic heterocycles. The number of hydrogen-bond donors (Lipinski definition) is 2. The van der Waals surface area contributed by atoms with E-state index in [1.165, 1.54) is 0 Å². The minimum absolute atomic E-state index is 0.401. The van der Waals surface area contributed by atoms with Gasteiger partial charge in [0.2, 0.25) is 11.8 Å². The lowest BCUT2D eigenvalue weighted by atomic mass is 9.90. The maximum Gasteiger partial charge on any atom is 0.239 e. The Morgan fingerprint density at radius 3 is 2.36 bits per heavy atom. The van der Waals surface area contributed by atoms with Crippen LogP contribution < -0.4 is 15.4 Å². The summed E-state index contributed by atoms with van der Waals surface area (Å²) in [6.07, 6.45) is 1.67. The first kappa shape index (κ1) is 19.4. The number of para-hydroxylation sites is 1. The maximum atomic E-state index is 12.8. The second-order valence-electron chi connectivity index (χ2n) is 6.87. The lowest BCUT2D eigenvalue weighted by Gasteiger charge is -2.23. The predicted octanol–water partition coefficient (Wildman–Crippen LogP) is 4.24. The number of rotatable bonds is 6. The highest BCUT2D eigenvalue weighted by Gasteiger charge is 2.36. The number of carbonyl (C=O) groups is 2. The normalized spacial score (nSPS) is 11.1. The second-order valence-corrected chi connectivity index (χ2v) is 6.87. The molecule has 0 aliphatic heterocycles. The standard InChI is InChI=1S/C22H23N3O3/c1-4-28-17-12-10-16(11-13-17)24-20(26)22(2,3)21(27)25-18-9-5-7-15-8-6-14-23-19(15)18/h5-14H,4H2,1-3H3,(H,24,26)(H,25,27). The molecule has 6 heteroatoms. The second kappa shape index (κ2) is 8.08. The fraction of sp³-hybridized carbons (Fsp3) is 0.227. The predicted molar refractivity (Wildman–Crippen MR) is 110 cm³/mol. The van der Waals surface area contributed by atoms with Crippen LogP contribution >= 0.6 is 0 Å². The number of anilines is 2. The highest BCUT2D eigenvalue weighted by molar-refractivity contribution is 6.15. The van der Waals surface area contributed by atoms with Gasteiger partial charge in [-0.15, -0.1) is 0 Å². The van der Waals surface area contributed by atoms with Gasteiger partial charge in [-0.2, -0.15) is 0 Å². The minimum atomic E-state index is -1.28. The van der Waals surface area contributed by atoms with Crippen molar-refractivity contribution in [1.82, 2.24) is 4.98 Å². The van der Waals surface area contributed by atoms with Gasteiger partial charge in [-0.1, -0.05) is 18.2 Å². The highest BCUT2D eigenvalue weighted by atomic mass is 16.5. The van der Waals surface area contributed by atoms with E-state index in [0.29, 0.717) is 23.5 Å². The first-order chi connectivity index (χ1) is 13.4. The zero-order valence-electron chi connectivity index (χ0n) is 16.2. The molecule has 3 rings (SSSR count). The SMILES string of the molecule is CCOc1ccc(NC(=O)C(C)(C)C(=O)Nc2cccc3cccnc23)cc1. The Hall–Kier alpha value is -3.41. The van der Waals surface area contributed by atoms with Crippen LogP contribution in [0.2, 0.25) is 0 Å². The number of hydrogen-bond acceptors (Lipinski definition) is 4. The van der Waals surface area contributed by atoms with Crippen LogP contribution in [0.4, 0.5) is 11.4 Å². The number of carbonyl (C=O) groups excluding carboxylic acids is 2. The molecule has 0 aliphatic carbocycles. The van der Waals surface area contributed by atoms with Crippen LogP contribution in [0.5, 0.6) is 5.75 Å². The topological polar surface area (TPSA) is 80.3 Å². The van der Waals surface area contributed by atoms with Crippen LogP contribution in [-0.4, -0.2) is 23.4 Å². The van der Waals surface area contributed by atoms with Crippen molar-refractivity contribution in [2.45, 2.75) is 20.8 Å². The number of fused-ring (bicyclic) bond motifs is 1. The van der Waals surface area contributed by atoms with Crippen molar-refractivity contribution in [3.05, 3.63) is 60.8 Å². The number of ether oxygens (including phenoxy) is 1. The third kappa shape index (κ3) is 4.11. The van der Waals surface area contributed by atoms with Crippen molar-refractivity contribution in [1.29, 1.82) is 0 Å². The van der Waals surface area contributed by atoms with Gasteiger partial charge in [0.05, 0.1) is 17.8 Å². The summed E-state index contributed by atoms with van der Waals surface area (Å²) in [7, 11) is 0. The van der Waals surface area contributed by atoms with Crippen molar-refractivity contribution in [3.63, 3.8) is 0 Å². The summed E-state index contributed by atoms with van der Waals surface area (Å²) in [4.78, 5) is 29.9. The molecular formula is C22H23N3O3. The number of pyridine rings is 1. The summed E-state index contributed by atoms with van der Waals surface area (Å²) in [5.74, 6) is -0.0857. The van der Waals surface area contributed by atoms with Crippen molar-refractivity contribution in [3.8, 4) is 5.75 Å². The van der Waals surface area contributed by atoms with Crippen LogP contribution in [0.15, 0.2) is 60.8 Å². The van der Waals surface area contributed by atoms with E-state index in [-0.39, 0.29) is 0 Å². The Kier molecular flexibility index (Phi) is 5.59. The Morgan fingerprint density at radius 1 is 0.964 bits per heavy atom. The van der Waals surface area contributed by atoms with E-state index in [9.17, 15) is 9.59 Å². The minimum Gasteiger partial charge on any atom is -0.494 e. The van der Waals surface area contributed by atoms with Crippen molar-refractivity contribution in [2.24, 2.45) is 5.41 Å². The van der Waals surface area contributed by atoms with Gasteiger partial charge in [0, 0.05) is 17.3 Å². The first-order valence-electron chi connectivity index (χ1n) is 9.11. The van der Waals surface area contributed by atoms with Crippen molar-refractivity contribution >= 4 is 34.1 Å². The van der Waals surface area contributed by atoms with Gasteiger partial charge < -0.3 is 15.4 Å². The summed E-state index contributed by atoms with van der Waals surface area (Å²) in [5.41, 5.74) is 0.572. The number of amides is 2. The summed E-state index contributed by atoms with van der Waals surface area (Å²) in [6.45, 7) is 5.65. The average molecular weight is 377 g/mol. The third-order valence-corrected chi connectivity index (χ3v) is 4.44. The monoisotopic (exact) mass is 377 g/mol. The molecule has 1 heterocycles. The maximum absolute atomic E-state index is 12.8. The molecule has 28 heavy (non-hydrogen) atoms. The highest BCUT2D eigenvalue weighted by Crippen LogP contribution is 2.26. The van der Waals surface area contributed by atoms with Crippen molar-refractivity contribution < 1.29 is 14.3 Å². The van der Waals surface area contributed by atoms with E-state index in [1.807, 2.05) is 31.2 Å². The Balaban J connectivity index is 1.73. The molecule has 144 valence electrons. The molecule has 2 aromatic carbocycles. The zero-order chi connectivity index (χ0) is 20.1. The van der Waals surface area contributed by atoms with Gasteiger partial charge in [0.15, 0.2) is 0 Å². The van der Waals surface area contributed by atoms with Crippen molar-refractivity contribution in [2.75, 3.05) is 17.2 Å². The van der Waals surface area contributed by atoms with Gasteiger partial charge in [0.1, 0.15) is 11.2 Å². The van der Waals surface area contributed by atoms with E-state index in [4.69, 9.17) is 4.74 Å². The molecule has 0 atom stereocenters. The number of aromatic nitrogens is 1. The van der Waals surface area contributed by atoms with E-state index < -0.39 is 17.2 Å². The number of nitrogens with zero attached hydrogens (tertiary/aromatic N) is 1. The zero-order valence-corrected chi connectivity index (χ0v) is 16.2.